The van der Waals surface area contributed by atoms with Gasteiger partial charge in [0.05, 0.1) is 17.7 Å². The Labute approximate surface area is 225 Å². The number of hydrogen-bond acceptors (Lipinski definition) is 5. The Balaban J connectivity index is 1.98. The molecule has 2 amide bonds. The number of ether oxygens (including phenoxy) is 1. The largest absolute Gasteiger partial charge is 0.497 e. The van der Waals surface area contributed by atoms with Crippen LogP contribution < -0.4 is 14.4 Å². The SMILES string of the molecule is CCC(C)NC(=O)C(C)N(Cc1ccccc1)C(=O)CN(c1ccccc1)S(=O)(=O)c1ccc(OC)cc1. The number of sulfonamides is 1. The zero-order valence-electron chi connectivity index (χ0n) is 22.2. The van der Waals surface area contributed by atoms with E-state index in [-0.39, 0.29) is 23.4 Å². The second kappa shape index (κ2) is 13.1. The molecule has 2 atom stereocenters. The van der Waals surface area contributed by atoms with Gasteiger partial charge in [-0.2, -0.15) is 0 Å². The second-order valence-corrected chi connectivity index (χ2v) is 10.9. The number of nitrogens with one attached hydrogen (secondary N) is 1. The fraction of sp³-hybridized carbons (Fsp3) is 0.310. The lowest BCUT2D eigenvalue weighted by Gasteiger charge is -2.32. The van der Waals surface area contributed by atoms with Crippen molar-refractivity contribution in [2.45, 2.75) is 50.7 Å². The van der Waals surface area contributed by atoms with Crippen LogP contribution in [0.4, 0.5) is 5.69 Å². The van der Waals surface area contributed by atoms with E-state index in [4.69, 9.17) is 4.74 Å². The Morgan fingerprint density at radius 1 is 0.895 bits per heavy atom. The summed E-state index contributed by atoms with van der Waals surface area (Å²) >= 11 is 0. The van der Waals surface area contributed by atoms with Crippen LogP contribution in [0.25, 0.3) is 0 Å². The molecule has 9 heteroatoms. The van der Waals surface area contributed by atoms with Crippen LogP contribution in [0.2, 0.25) is 0 Å². The minimum atomic E-state index is -4.12. The van der Waals surface area contributed by atoms with E-state index < -0.39 is 28.5 Å². The van der Waals surface area contributed by atoms with Crippen LogP contribution in [0.15, 0.2) is 89.8 Å². The van der Waals surface area contributed by atoms with Crippen molar-refractivity contribution in [3.8, 4) is 5.75 Å². The quantitative estimate of drug-likeness (QED) is 0.373. The molecule has 0 heterocycles. The van der Waals surface area contributed by atoms with Crippen LogP contribution in [0.3, 0.4) is 0 Å². The number of amides is 2. The van der Waals surface area contributed by atoms with Crippen LogP contribution in [0.5, 0.6) is 5.75 Å². The van der Waals surface area contributed by atoms with Crippen molar-refractivity contribution in [3.05, 3.63) is 90.5 Å². The zero-order valence-corrected chi connectivity index (χ0v) is 23.0. The Morgan fingerprint density at radius 3 is 2.03 bits per heavy atom. The summed E-state index contributed by atoms with van der Waals surface area (Å²) in [7, 11) is -2.62. The molecule has 3 rings (SSSR count). The van der Waals surface area contributed by atoms with E-state index in [0.717, 1.165) is 16.3 Å². The molecule has 0 spiro atoms. The summed E-state index contributed by atoms with van der Waals surface area (Å²) in [5, 5.41) is 2.93. The molecule has 0 fully saturated rings. The van der Waals surface area contributed by atoms with Gasteiger partial charge in [0.1, 0.15) is 18.3 Å². The van der Waals surface area contributed by atoms with Gasteiger partial charge in [0.15, 0.2) is 0 Å². The molecule has 3 aromatic rings. The van der Waals surface area contributed by atoms with Crippen LogP contribution in [0.1, 0.15) is 32.8 Å². The number of anilines is 1. The van der Waals surface area contributed by atoms with E-state index in [9.17, 15) is 18.0 Å². The molecule has 0 saturated carbocycles. The van der Waals surface area contributed by atoms with Gasteiger partial charge >= 0.3 is 0 Å². The Kier molecular flexibility index (Phi) is 9.90. The Hall–Kier alpha value is -3.85. The van der Waals surface area contributed by atoms with Gasteiger partial charge in [-0.05, 0) is 62.2 Å². The molecule has 0 aliphatic rings. The molecule has 202 valence electrons. The average Bonchev–Trinajstić information content (AvgIpc) is 2.94. The first-order chi connectivity index (χ1) is 18.2. The van der Waals surface area contributed by atoms with Crippen molar-refractivity contribution in [3.63, 3.8) is 0 Å². The molecule has 0 aromatic heterocycles. The van der Waals surface area contributed by atoms with E-state index in [1.807, 2.05) is 44.2 Å². The third-order valence-corrected chi connectivity index (χ3v) is 8.12. The summed E-state index contributed by atoms with van der Waals surface area (Å²) in [6, 6.07) is 22.9. The topological polar surface area (TPSA) is 96.0 Å². The lowest BCUT2D eigenvalue weighted by molar-refractivity contribution is -0.139. The normalized spacial score (nSPS) is 12.7. The third kappa shape index (κ3) is 7.13. The summed E-state index contributed by atoms with van der Waals surface area (Å²) < 4.78 is 33.8. The number of benzene rings is 3. The zero-order chi connectivity index (χ0) is 27.7. The maximum atomic E-state index is 13.8. The monoisotopic (exact) mass is 537 g/mol. The van der Waals surface area contributed by atoms with Gasteiger partial charge in [0.25, 0.3) is 10.0 Å². The van der Waals surface area contributed by atoms with Crippen molar-refractivity contribution in [1.29, 1.82) is 0 Å². The molecule has 0 aliphatic heterocycles. The van der Waals surface area contributed by atoms with E-state index in [0.29, 0.717) is 11.4 Å². The highest BCUT2D eigenvalue weighted by Crippen LogP contribution is 2.25. The first kappa shape index (κ1) is 28.7. The molecule has 2 unspecified atom stereocenters. The molecule has 0 saturated heterocycles. The molecule has 3 aromatic carbocycles. The number of para-hydroxylation sites is 1. The second-order valence-electron chi connectivity index (χ2n) is 9.02. The summed E-state index contributed by atoms with van der Waals surface area (Å²) in [5.74, 6) is -0.282. The highest BCUT2D eigenvalue weighted by molar-refractivity contribution is 7.92. The average molecular weight is 538 g/mol. The number of hydrogen-bond donors (Lipinski definition) is 1. The maximum Gasteiger partial charge on any atom is 0.264 e. The minimum absolute atomic E-state index is 0.0205. The number of carbonyl (C=O) groups excluding carboxylic acids is 2. The van der Waals surface area contributed by atoms with Crippen molar-refractivity contribution >= 4 is 27.5 Å². The predicted octanol–water partition coefficient (Wildman–Crippen LogP) is 4.22. The minimum Gasteiger partial charge on any atom is -0.497 e. The predicted molar refractivity (Wildman–Crippen MR) is 148 cm³/mol. The lowest BCUT2D eigenvalue weighted by Crippen LogP contribution is -2.52. The van der Waals surface area contributed by atoms with Crippen molar-refractivity contribution in [1.82, 2.24) is 10.2 Å². The fourth-order valence-corrected chi connectivity index (χ4v) is 5.24. The lowest BCUT2D eigenvalue weighted by atomic mass is 10.1. The molecule has 38 heavy (non-hydrogen) atoms. The molecule has 0 aliphatic carbocycles. The van der Waals surface area contributed by atoms with Gasteiger partial charge in [0.2, 0.25) is 11.8 Å². The summed E-state index contributed by atoms with van der Waals surface area (Å²) in [5.41, 5.74) is 1.17. The highest BCUT2D eigenvalue weighted by atomic mass is 32.2. The summed E-state index contributed by atoms with van der Waals surface area (Å²) in [6.45, 7) is 5.19. The van der Waals surface area contributed by atoms with E-state index in [2.05, 4.69) is 5.32 Å². The number of rotatable bonds is 12. The maximum absolute atomic E-state index is 13.8. The fourth-order valence-electron chi connectivity index (χ4n) is 3.83. The van der Waals surface area contributed by atoms with E-state index >= 15 is 0 Å². The van der Waals surface area contributed by atoms with E-state index in [1.54, 1.807) is 49.4 Å². The molecular formula is C29H35N3O5S. The van der Waals surface area contributed by atoms with Crippen LogP contribution in [-0.4, -0.2) is 50.9 Å². The number of methoxy groups -OCH3 is 1. The van der Waals surface area contributed by atoms with Crippen LogP contribution >= 0.6 is 0 Å². The molecule has 0 radical (unpaired) electrons. The van der Waals surface area contributed by atoms with Crippen molar-refractivity contribution in [2.24, 2.45) is 0 Å². The molecule has 0 bridgehead atoms. The van der Waals surface area contributed by atoms with Gasteiger partial charge in [-0.3, -0.25) is 13.9 Å². The summed E-state index contributed by atoms with van der Waals surface area (Å²) in [6.07, 6.45) is 0.743. The molecule has 8 nitrogen and oxygen atoms in total. The van der Waals surface area contributed by atoms with Gasteiger partial charge in [0, 0.05) is 12.6 Å². The van der Waals surface area contributed by atoms with E-state index in [1.165, 1.54) is 24.1 Å². The summed E-state index contributed by atoms with van der Waals surface area (Å²) in [4.78, 5) is 28.3. The number of carbonyl (C=O) groups is 2. The van der Waals surface area contributed by atoms with Crippen molar-refractivity contribution in [2.75, 3.05) is 18.0 Å². The third-order valence-electron chi connectivity index (χ3n) is 6.33. The molecular weight excluding hydrogens is 502 g/mol. The molecule has 1 N–H and O–H groups in total. The first-order valence-corrected chi connectivity index (χ1v) is 14.0. The van der Waals surface area contributed by atoms with Gasteiger partial charge in [-0.1, -0.05) is 55.5 Å². The first-order valence-electron chi connectivity index (χ1n) is 12.5. The van der Waals surface area contributed by atoms with Gasteiger partial charge in [-0.25, -0.2) is 8.42 Å². The van der Waals surface area contributed by atoms with Crippen LogP contribution in [0, 0.1) is 0 Å². The van der Waals surface area contributed by atoms with Crippen LogP contribution in [-0.2, 0) is 26.2 Å². The number of nitrogens with zero attached hydrogens (tertiary/aromatic N) is 2. The van der Waals surface area contributed by atoms with Crippen molar-refractivity contribution < 1.29 is 22.7 Å². The Morgan fingerprint density at radius 2 is 1.47 bits per heavy atom. The smallest absolute Gasteiger partial charge is 0.264 e. The highest BCUT2D eigenvalue weighted by Gasteiger charge is 2.32. The van der Waals surface area contributed by atoms with Gasteiger partial charge in [-0.15, -0.1) is 0 Å². The standard InChI is InChI=1S/C29H35N3O5S/c1-5-22(2)30-29(34)23(3)31(20-24-12-8-6-9-13-24)28(33)21-32(25-14-10-7-11-15-25)38(35,36)27-18-16-26(37-4)17-19-27/h6-19,22-23H,5,20-21H2,1-4H3,(H,30,34). The van der Waals surface area contributed by atoms with Gasteiger partial charge < -0.3 is 15.0 Å². The Bertz CT molecular complexity index is 1300.